The molecule has 0 saturated heterocycles. The van der Waals surface area contributed by atoms with Crippen LogP contribution in [0.3, 0.4) is 0 Å². The zero-order valence-corrected chi connectivity index (χ0v) is 15.8. The van der Waals surface area contributed by atoms with Crippen molar-refractivity contribution in [3.8, 4) is 22.4 Å². The molecule has 26 heavy (non-hydrogen) atoms. The van der Waals surface area contributed by atoms with Crippen molar-refractivity contribution >= 4 is 0 Å². The monoisotopic (exact) mass is 341 g/mol. The third kappa shape index (κ3) is 3.44. The summed E-state index contributed by atoms with van der Waals surface area (Å²) in [5.41, 5.74) is 9.03. The van der Waals surface area contributed by atoms with Gasteiger partial charge in [-0.3, -0.25) is 4.98 Å². The first-order valence-electron chi connectivity index (χ1n) is 9.85. The van der Waals surface area contributed by atoms with Crippen LogP contribution in [-0.2, 0) is 0 Å². The molecule has 1 aliphatic rings. The lowest BCUT2D eigenvalue weighted by molar-refractivity contribution is 0.443. The van der Waals surface area contributed by atoms with E-state index in [0.29, 0.717) is 5.92 Å². The van der Waals surface area contributed by atoms with Crippen molar-refractivity contribution in [3.63, 3.8) is 0 Å². The number of hydrogen-bond acceptors (Lipinski definition) is 1. The molecule has 1 aliphatic carbocycles. The molecule has 0 atom stereocenters. The fourth-order valence-electron chi connectivity index (χ4n) is 4.24. The minimum Gasteiger partial charge on any atom is -0.256 e. The molecule has 0 aliphatic heterocycles. The normalized spacial score (nSPS) is 15.2. The Balaban J connectivity index is 1.73. The van der Waals surface area contributed by atoms with Crippen LogP contribution < -0.4 is 0 Å². The third-order valence-corrected chi connectivity index (χ3v) is 5.83. The Kier molecular flexibility index (Phi) is 4.88. The summed E-state index contributed by atoms with van der Waals surface area (Å²) in [4.78, 5) is 4.69. The summed E-state index contributed by atoms with van der Waals surface area (Å²) >= 11 is 0. The van der Waals surface area contributed by atoms with Crippen LogP contribution >= 0.6 is 0 Å². The first kappa shape index (κ1) is 17.0. The minimum absolute atomic E-state index is 0.715. The lowest BCUT2D eigenvalue weighted by Crippen LogP contribution is -2.04. The highest BCUT2D eigenvalue weighted by Gasteiger charge is 2.16. The molecule has 3 aromatic rings. The van der Waals surface area contributed by atoms with E-state index in [4.69, 9.17) is 4.98 Å². The summed E-state index contributed by atoms with van der Waals surface area (Å²) in [5, 5.41) is 0. The van der Waals surface area contributed by atoms with Gasteiger partial charge in [0.05, 0.1) is 5.69 Å². The summed E-state index contributed by atoms with van der Waals surface area (Å²) in [7, 11) is 0. The van der Waals surface area contributed by atoms with Crippen molar-refractivity contribution in [2.75, 3.05) is 0 Å². The van der Waals surface area contributed by atoms with Gasteiger partial charge in [-0.15, -0.1) is 0 Å². The lowest BCUT2D eigenvalue weighted by atomic mass is 9.84. The largest absolute Gasteiger partial charge is 0.256 e. The second kappa shape index (κ2) is 7.45. The van der Waals surface area contributed by atoms with Crippen molar-refractivity contribution in [2.24, 2.45) is 0 Å². The Morgan fingerprint density at radius 1 is 0.769 bits per heavy atom. The first-order chi connectivity index (χ1) is 12.7. The number of nitrogens with zero attached hydrogens (tertiary/aromatic N) is 1. The molecule has 1 heterocycles. The summed E-state index contributed by atoms with van der Waals surface area (Å²) in [5.74, 6) is 0.715. The van der Waals surface area contributed by atoms with Crippen LogP contribution in [0.5, 0.6) is 0 Å². The summed E-state index contributed by atoms with van der Waals surface area (Å²) in [6.45, 7) is 4.38. The fraction of sp³-hybridized carbons (Fsp3) is 0.320. The van der Waals surface area contributed by atoms with Gasteiger partial charge in [-0.05, 0) is 78.6 Å². The van der Waals surface area contributed by atoms with E-state index in [0.717, 1.165) is 5.69 Å². The Hall–Kier alpha value is -2.41. The number of benzene rings is 2. The molecule has 0 radical (unpaired) electrons. The molecule has 0 spiro atoms. The molecule has 2 aromatic carbocycles. The first-order valence-corrected chi connectivity index (χ1v) is 9.85. The fourth-order valence-corrected chi connectivity index (χ4v) is 4.24. The number of aryl methyl sites for hydroxylation is 2. The molecule has 1 heteroatoms. The van der Waals surface area contributed by atoms with Crippen LogP contribution in [0, 0.1) is 13.8 Å². The highest BCUT2D eigenvalue weighted by molar-refractivity contribution is 5.76. The maximum absolute atomic E-state index is 4.69. The Morgan fingerprint density at radius 3 is 2.35 bits per heavy atom. The number of rotatable bonds is 3. The van der Waals surface area contributed by atoms with E-state index >= 15 is 0 Å². The average molecular weight is 341 g/mol. The third-order valence-electron chi connectivity index (χ3n) is 5.83. The molecule has 1 fully saturated rings. The molecule has 1 aromatic heterocycles. The summed E-state index contributed by atoms with van der Waals surface area (Å²) < 4.78 is 0. The predicted octanol–water partition coefficient (Wildman–Crippen LogP) is 7.08. The molecule has 132 valence electrons. The molecular formula is C25H27N. The molecule has 1 nitrogen and oxygen atoms in total. The highest BCUT2D eigenvalue weighted by atomic mass is 14.7. The number of aromatic nitrogens is 1. The van der Waals surface area contributed by atoms with E-state index in [2.05, 4.69) is 68.4 Å². The molecule has 0 bridgehead atoms. The van der Waals surface area contributed by atoms with Gasteiger partial charge >= 0.3 is 0 Å². The van der Waals surface area contributed by atoms with Gasteiger partial charge < -0.3 is 0 Å². The van der Waals surface area contributed by atoms with Crippen LogP contribution in [0.25, 0.3) is 22.4 Å². The van der Waals surface area contributed by atoms with Gasteiger partial charge in [0.15, 0.2) is 0 Å². The van der Waals surface area contributed by atoms with Crippen molar-refractivity contribution < 1.29 is 0 Å². The molecular weight excluding hydrogens is 314 g/mol. The van der Waals surface area contributed by atoms with E-state index in [-0.39, 0.29) is 0 Å². The molecule has 4 rings (SSSR count). The van der Waals surface area contributed by atoms with Crippen LogP contribution in [0.4, 0.5) is 0 Å². The lowest BCUT2D eigenvalue weighted by Gasteiger charge is -2.22. The van der Waals surface area contributed by atoms with E-state index in [9.17, 15) is 0 Å². The van der Waals surface area contributed by atoms with Gasteiger partial charge in [-0.2, -0.15) is 0 Å². The van der Waals surface area contributed by atoms with Crippen molar-refractivity contribution in [1.82, 2.24) is 4.98 Å². The van der Waals surface area contributed by atoms with Gasteiger partial charge in [0.2, 0.25) is 0 Å². The van der Waals surface area contributed by atoms with Gasteiger partial charge in [0.25, 0.3) is 0 Å². The molecule has 0 amide bonds. The van der Waals surface area contributed by atoms with Gasteiger partial charge in [-0.1, -0.05) is 55.7 Å². The zero-order chi connectivity index (χ0) is 17.9. The molecule has 0 unspecified atom stereocenters. The van der Waals surface area contributed by atoms with E-state index < -0.39 is 0 Å². The van der Waals surface area contributed by atoms with Crippen molar-refractivity contribution in [2.45, 2.75) is 51.9 Å². The topological polar surface area (TPSA) is 12.9 Å². The SMILES string of the molecule is Cc1ccccc1-c1cc(-c2cc(C3CCCCC3)ccn2)ccc1C. The summed E-state index contributed by atoms with van der Waals surface area (Å²) in [6, 6.07) is 19.9. The quantitative estimate of drug-likeness (QED) is 0.496. The van der Waals surface area contributed by atoms with E-state index in [1.807, 2.05) is 6.20 Å². The second-order valence-corrected chi connectivity index (χ2v) is 7.65. The van der Waals surface area contributed by atoms with Crippen LogP contribution in [0.2, 0.25) is 0 Å². The Bertz CT molecular complexity index is 904. The van der Waals surface area contributed by atoms with Crippen molar-refractivity contribution in [3.05, 3.63) is 77.5 Å². The molecule has 1 saturated carbocycles. The standard InChI is InChI=1S/C25H27N/c1-18-8-6-7-11-23(18)24-16-22(13-12-19(24)2)25-17-21(14-15-26-25)20-9-4-3-5-10-20/h6-8,11-17,20H,3-5,9-10H2,1-2H3. The minimum atomic E-state index is 0.715. The van der Waals surface area contributed by atoms with Crippen molar-refractivity contribution in [1.29, 1.82) is 0 Å². The smallest absolute Gasteiger partial charge is 0.0705 e. The van der Waals surface area contributed by atoms with Gasteiger partial charge in [0.1, 0.15) is 0 Å². The number of hydrogen-bond donors (Lipinski definition) is 0. The maximum Gasteiger partial charge on any atom is 0.0705 e. The maximum atomic E-state index is 4.69. The van der Waals surface area contributed by atoms with Crippen LogP contribution in [0.15, 0.2) is 60.8 Å². The summed E-state index contributed by atoms with van der Waals surface area (Å²) in [6.07, 6.45) is 8.77. The van der Waals surface area contributed by atoms with Crippen LogP contribution in [0.1, 0.15) is 54.7 Å². The second-order valence-electron chi connectivity index (χ2n) is 7.65. The van der Waals surface area contributed by atoms with Gasteiger partial charge in [0, 0.05) is 11.8 Å². The highest BCUT2D eigenvalue weighted by Crippen LogP contribution is 2.35. The van der Waals surface area contributed by atoms with E-state index in [1.54, 1.807) is 0 Å². The Labute approximate surface area is 157 Å². The van der Waals surface area contributed by atoms with E-state index in [1.165, 1.54) is 65.5 Å². The predicted molar refractivity (Wildman–Crippen MR) is 110 cm³/mol. The zero-order valence-electron chi connectivity index (χ0n) is 15.8. The van der Waals surface area contributed by atoms with Crippen LogP contribution in [-0.4, -0.2) is 4.98 Å². The Morgan fingerprint density at radius 2 is 1.54 bits per heavy atom. The molecule has 0 N–H and O–H groups in total. The van der Waals surface area contributed by atoms with Gasteiger partial charge in [-0.25, -0.2) is 0 Å². The number of pyridine rings is 1. The average Bonchev–Trinajstić information content (AvgIpc) is 2.70.